The first-order valence-corrected chi connectivity index (χ1v) is 7.31. The fourth-order valence-corrected chi connectivity index (χ4v) is 2.18. The third kappa shape index (κ3) is 3.84. The van der Waals surface area contributed by atoms with Crippen molar-refractivity contribution in [3.63, 3.8) is 0 Å². The molecule has 118 valence electrons. The number of carbonyl (C=O) groups excluding carboxylic acids is 2. The van der Waals surface area contributed by atoms with Gasteiger partial charge in [-0.2, -0.15) is 5.10 Å². The van der Waals surface area contributed by atoms with E-state index in [9.17, 15) is 9.59 Å². The van der Waals surface area contributed by atoms with Crippen LogP contribution in [0.15, 0.2) is 23.3 Å². The second-order valence-corrected chi connectivity index (χ2v) is 5.50. The van der Waals surface area contributed by atoms with Gasteiger partial charge in [0.2, 0.25) is 5.91 Å². The van der Waals surface area contributed by atoms with E-state index in [2.05, 4.69) is 29.7 Å². The maximum absolute atomic E-state index is 12.0. The number of hydrazone groups is 1. The Bertz CT molecular complexity index is 609. The Morgan fingerprint density at radius 3 is 2.77 bits per heavy atom. The van der Waals surface area contributed by atoms with Gasteiger partial charge in [0.1, 0.15) is 11.5 Å². The molecule has 6 nitrogen and oxygen atoms in total. The fourth-order valence-electron chi connectivity index (χ4n) is 2.18. The number of methoxy groups -OCH3 is 1. The third-order valence-corrected chi connectivity index (χ3v) is 3.58. The monoisotopic (exact) mass is 303 g/mol. The highest BCUT2D eigenvalue weighted by atomic mass is 16.5. The highest BCUT2D eigenvalue weighted by molar-refractivity contribution is 6.39. The van der Waals surface area contributed by atoms with Crippen LogP contribution >= 0.6 is 0 Å². The van der Waals surface area contributed by atoms with Crippen LogP contribution in [0.3, 0.4) is 0 Å². The summed E-state index contributed by atoms with van der Waals surface area (Å²) >= 11 is 0. The van der Waals surface area contributed by atoms with E-state index >= 15 is 0 Å². The lowest BCUT2D eigenvalue weighted by atomic mass is 10.0. The Labute approximate surface area is 129 Å². The average molecular weight is 303 g/mol. The largest absolute Gasteiger partial charge is 0.496 e. The summed E-state index contributed by atoms with van der Waals surface area (Å²) in [5.41, 5.74) is 4.75. The molecule has 2 rings (SSSR count). The second-order valence-electron chi connectivity index (χ2n) is 5.50. The fraction of sp³-hybridized carbons (Fsp3) is 0.438. The molecule has 2 amide bonds. The van der Waals surface area contributed by atoms with E-state index in [1.54, 1.807) is 7.11 Å². The van der Waals surface area contributed by atoms with Crippen molar-refractivity contribution in [1.29, 1.82) is 0 Å². The van der Waals surface area contributed by atoms with Crippen LogP contribution in [0.25, 0.3) is 0 Å². The molecule has 1 aromatic carbocycles. The number of hydrogen-bond acceptors (Lipinski definition) is 4. The van der Waals surface area contributed by atoms with Crippen LogP contribution in [0.2, 0.25) is 0 Å². The lowest BCUT2D eigenvalue weighted by Gasteiger charge is -2.15. The summed E-state index contributed by atoms with van der Waals surface area (Å²) in [5, 5.41) is 6.58. The Hall–Kier alpha value is -2.37. The van der Waals surface area contributed by atoms with Crippen LogP contribution in [0.4, 0.5) is 0 Å². The zero-order valence-corrected chi connectivity index (χ0v) is 13.1. The molecule has 6 heteroatoms. The summed E-state index contributed by atoms with van der Waals surface area (Å²) in [6.45, 7) is 4.59. The summed E-state index contributed by atoms with van der Waals surface area (Å²) in [4.78, 5) is 23.0. The summed E-state index contributed by atoms with van der Waals surface area (Å²) in [6, 6.07) is 5.98. The van der Waals surface area contributed by atoms with E-state index in [1.165, 1.54) is 5.56 Å². The third-order valence-electron chi connectivity index (χ3n) is 3.58. The normalized spacial score (nSPS) is 14.4. The molecule has 1 aliphatic heterocycles. The summed E-state index contributed by atoms with van der Waals surface area (Å²) in [6.07, 6.45) is 0.653. The van der Waals surface area contributed by atoms with Crippen LogP contribution in [0.1, 0.15) is 43.7 Å². The van der Waals surface area contributed by atoms with Gasteiger partial charge in [-0.25, -0.2) is 5.43 Å². The number of benzene rings is 1. The predicted molar refractivity (Wildman–Crippen MR) is 83.7 cm³/mol. The number of ether oxygens (including phenoxy) is 1. The van der Waals surface area contributed by atoms with Gasteiger partial charge in [-0.1, -0.05) is 26.0 Å². The van der Waals surface area contributed by atoms with Crippen molar-refractivity contribution in [1.82, 2.24) is 10.7 Å². The molecule has 1 aliphatic rings. The quantitative estimate of drug-likeness (QED) is 0.869. The molecule has 0 fully saturated rings. The van der Waals surface area contributed by atoms with Crippen molar-refractivity contribution in [3.8, 4) is 5.75 Å². The molecule has 0 saturated heterocycles. The Morgan fingerprint density at radius 1 is 1.41 bits per heavy atom. The molecular weight excluding hydrogens is 282 g/mol. The Kier molecular flexibility index (Phi) is 5.14. The molecule has 0 aromatic heterocycles. The molecule has 0 aliphatic carbocycles. The van der Waals surface area contributed by atoms with E-state index in [-0.39, 0.29) is 11.8 Å². The van der Waals surface area contributed by atoms with Gasteiger partial charge in [0.15, 0.2) is 0 Å². The first-order valence-electron chi connectivity index (χ1n) is 7.31. The first-order chi connectivity index (χ1) is 10.5. The van der Waals surface area contributed by atoms with E-state index in [0.29, 0.717) is 31.0 Å². The van der Waals surface area contributed by atoms with E-state index in [0.717, 1.165) is 11.3 Å². The van der Waals surface area contributed by atoms with E-state index in [4.69, 9.17) is 4.74 Å². The topological polar surface area (TPSA) is 79.8 Å². The molecule has 0 radical (unpaired) electrons. The number of carbonyl (C=O) groups is 2. The van der Waals surface area contributed by atoms with Crippen molar-refractivity contribution >= 4 is 17.5 Å². The maximum atomic E-state index is 12.0. The Balaban J connectivity index is 2.02. The van der Waals surface area contributed by atoms with Crippen molar-refractivity contribution in [2.75, 3.05) is 7.11 Å². The van der Waals surface area contributed by atoms with Gasteiger partial charge in [-0.05, 0) is 17.5 Å². The van der Waals surface area contributed by atoms with Gasteiger partial charge in [0.25, 0.3) is 5.91 Å². The molecule has 22 heavy (non-hydrogen) atoms. The number of nitrogens with zero attached hydrogens (tertiary/aromatic N) is 1. The number of nitrogens with one attached hydrogen (secondary N) is 2. The minimum absolute atomic E-state index is 0.164. The second kappa shape index (κ2) is 7.06. The SMILES string of the molecule is COc1cc(C(C)C)ccc1CNC(=O)C1=NNC(=O)CC1. The van der Waals surface area contributed by atoms with Gasteiger partial charge in [0.05, 0.1) is 7.11 Å². The summed E-state index contributed by atoms with van der Waals surface area (Å²) < 4.78 is 5.39. The molecule has 0 atom stereocenters. The van der Waals surface area contributed by atoms with Crippen LogP contribution in [0, 0.1) is 0 Å². The summed E-state index contributed by atoms with van der Waals surface area (Å²) in [5.74, 6) is 0.737. The molecule has 1 heterocycles. The molecule has 0 spiro atoms. The lowest BCUT2D eigenvalue weighted by molar-refractivity contribution is -0.121. The summed E-state index contributed by atoms with van der Waals surface area (Å²) in [7, 11) is 1.62. The molecule has 0 bridgehead atoms. The van der Waals surface area contributed by atoms with Crippen molar-refractivity contribution in [3.05, 3.63) is 29.3 Å². The van der Waals surface area contributed by atoms with Crippen LogP contribution in [-0.4, -0.2) is 24.6 Å². The van der Waals surface area contributed by atoms with Gasteiger partial charge < -0.3 is 10.1 Å². The van der Waals surface area contributed by atoms with Crippen LogP contribution < -0.4 is 15.5 Å². The van der Waals surface area contributed by atoms with Gasteiger partial charge >= 0.3 is 0 Å². The number of hydrogen-bond donors (Lipinski definition) is 2. The molecular formula is C16H21N3O3. The maximum Gasteiger partial charge on any atom is 0.267 e. The van der Waals surface area contributed by atoms with Crippen molar-refractivity contribution < 1.29 is 14.3 Å². The first kappa shape index (κ1) is 16.0. The minimum atomic E-state index is -0.269. The smallest absolute Gasteiger partial charge is 0.267 e. The van der Waals surface area contributed by atoms with Crippen molar-refractivity contribution in [2.45, 2.75) is 39.2 Å². The van der Waals surface area contributed by atoms with Gasteiger partial charge in [-0.3, -0.25) is 9.59 Å². The molecule has 0 saturated carbocycles. The number of amides is 2. The standard InChI is InChI=1S/C16H21N3O3/c1-10(2)11-4-5-12(14(8-11)22-3)9-17-16(21)13-6-7-15(20)19-18-13/h4-5,8,10H,6-7,9H2,1-3H3,(H,17,21)(H,19,20). The average Bonchev–Trinajstić information content (AvgIpc) is 2.52. The number of rotatable bonds is 5. The van der Waals surface area contributed by atoms with E-state index < -0.39 is 0 Å². The zero-order chi connectivity index (χ0) is 16.1. The Morgan fingerprint density at radius 2 is 2.18 bits per heavy atom. The van der Waals surface area contributed by atoms with Crippen molar-refractivity contribution in [2.24, 2.45) is 5.10 Å². The van der Waals surface area contributed by atoms with Crippen LogP contribution in [-0.2, 0) is 16.1 Å². The van der Waals surface area contributed by atoms with Gasteiger partial charge in [-0.15, -0.1) is 0 Å². The molecule has 0 unspecified atom stereocenters. The highest BCUT2D eigenvalue weighted by Crippen LogP contribution is 2.24. The highest BCUT2D eigenvalue weighted by Gasteiger charge is 2.18. The van der Waals surface area contributed by atoms with Crippen LogP contribution in [0.5, 0.6) is 5.75 Å². The predicted octanol–water partition coefficient (Wildman–Crippen LogP) is 1.70. The zero-order valence-electron chi connectivity index (χ0n) is 13.1. The van der Waals surface area contributed by atoms with Gasteiger partial charge in [0, 0.05) is 24.9 Å². The molecule has 2 N–H and O–H groups in total. The van der Waals surface area contributed by atoms with E-state index in [1.807, 2.05) is 18.2 Å². The minimum Gasteiger partial charge on any atom is -0.496 e. The molecule has 1 aromatic rings. The lowest BCUT2D eigenvalue weighted by Crippen LogP contribution is -2.36.